The number of hydrogen-bond donors (Lipinski definition) is 1. The van der Waals surface area contributed by atoms with Gasteiger partial charge in [-0.2, -0.15) is 10.1 Å². The molecule has 0 saturated carbocycles. The Labute approximate surface area is 169 Å². The second-order valence-electron chi connectivity index (χ2n) is 6.60. The molecule has 2 aromatic carbocycles. The molecule has 0 aliphatic heterocycles. The second-order valence-corrected chi connectivity index (χ2v) is 6.60. The zero-order chi connectivity index (χ0) is 20.5. The first-order valence-electron chi connectivity index (χ1n) is 9.13. The van der Waals surface area contributed by atoms with Crippen LogP contribution in [0, 0.1) is 10.1 Å². The van der Waals surface area contributed by atoms with Gasteiger partial charge in [0.15, 0.2) is 16.9 Å². The molecule has 0 aliphatic rings. The Morgan fingerprint density at radius 3 is 2.57 bits per heavy atom. The Kier molecular flexibility index (Phi) is 4.25. The number of nitro groups is 1. The van der Waals surface area contributed by atoms with E-state index in [9.17, 15) is 10.1 Å². The summed E-state index contributed by atoms with van der Waals surface area (Å²) >= 11 is 0. The molecule has 0 fully saturated rings. The van der Waals surface area contributed by atoms with Crippen LogP contribution in [-0.2, 0) is 6.42 Å². The zero-order valence-corrected chi connectivity index (χ0v) is 15.5. The smallest absolute Gasteiger partial charge is 0.301 e. The molecule has 5 aromatic rings. The minimum Gasteiger partial charge on any atom is -0.423 e. The van der Waals surface area contributed by atoms with Crippen molar-refractivity contribution in [3.05, 3.63) is 88.4 Å². The van der Waals surface area contributed by atoms with E-state index in [1.54, 1.807) is 24.5 Å². The molecule has 3 aromatic heterocycles. The van der Waals surface area contributed by atoms with Crippen LogP contribution in [0.3, 0.4) is 0 Å². The van der Waals surface area contributed by atoms with Gasteiger partial charge in [0, 0.05) is 35.7 Å². The maximum Gasteiger partial charge on any atom is 0.301 e. The van der Waals surface area contributed by atoms with Gasteiger partial charge in [-0.1, -0.05) is 30.3 Å². The summed E-state index contributed by atoms with van der Waals surface area (Å²) in [6, 6.07) is 16.3. The minimum atomic E-state index is -0.488. The number of nitrogens with zero attached hydrogens (tertiary/aromatic N) is 5. The van der Waals surface area contributed by atoms with Gasteiger partial charge in [0.1, 0.15) is 0 Å². The molecule has 0 spiro atoms. The number of anilines is 2. The van der Waals surface area contributed by atoms with Gasteiger partial charge in [0.2, 0.25) is 0 Å². The lowest BCUT2D eigenvalue weighted by molar-refractivity contribution is -0.383. The first-order valence-corrected chi connectivity index (χ1v) is 9.13. The summed E-state index contributed by atoms with van der Waals surface area (Å²) in [4.78, 5) is 19.0. The Bertz CT molecular complexity index is 1380. The minimum absolute atomic E-state index is 0.112. The number of benzene rings is 2. The SMILES string of the molecule is O=[N+]([O-])c1cccc2oc(Nc3nnc(Cc4ccncc4)c4ccccc34)nc12. The van der Waals surface area contributed by atoms with Crippen LogP contribution in [0.25, 0.3) is 21.9 Å². The van der Waals surface area contributed by atoms with E-state index >= 15 is 0 Å². The molecule has 0 saturated heterocycles. The van der Waals surface area contributed by atoms with Crippen molar-refractivity contribution in [1.82, 2.24) is 20.2 Å². The molecule has 5 rings (SSSR count). The molecule has 146 valence electrons. The molecule has 3 heterocycles. The lowest BCUT2D eigenvalue weighted by Gasteiger charge is -2.09. The zero-order valence-electron chi connectivity index (χ0n) is 15.5. The van der Waals surface area contributed by atoms with Crippen LogP contribution < -0.4 is 5.32 Å². The fraction of sp³-hybridized carbons (Fsp3) is 0.0476. The van der Waals surface area contributed by atoms with E-state index in [0.29, 0.717) is 17.8 Å². The van der Waals surface area contributed by atoms with Crippen LogP contribution in [0.15, 0.2) is 71.4 Å². The highest BCUT2D eigenvalue weighted by molar-refractivity contribution is 5.94. The number of hydrogen-bond acceptors (Lipinski definition) is 8. The van der Waals surface area contributed by atoms with Crippen LogP contribution in [0.4, 0.5) is 17.5 Å². The summed E-state index contributed by atoms with van der Waals surface area (Å²) in [5.41, 5.74) is 2.29. The Hall–Kier alpha value is -4.40. The standard InChI is InChI=1S/C21H14N6O3/c28-27(29)17-6-3-7-18-19(17)23-21(30-18)24-20-15-5-2-1-4-14(15)16(25-26-20)12-13-8-10-22-11-9-13/h1-11H,12H2,(H,23,24,26). The summed E-state index contributed by atoms with van der Waals surface area (Å²) in [7, 11) is 0. The first-order chi connectivity index (χ1) is 14.7. The number of nitrogens with one attached hydrogen (secondary N) is 1. The van der Waals surface area contributed by atoms with Crippen LogP contribution in [0.1, 0.15) is 11.3 Å². The van der Waals surface area contributed by atoms with Gasteiger partial charge in [-0.25, -0.2) is 0 Å². The number of aromatic nitrogens is 4. The average Bonchev–Trinajstić information content (AvgIpc) is 3.18. The molecule has 0 atom stereocenters. The normalized spacial score (nSPS) is 11.1. The summed E-state index contributed by atoms with van der Waals surface area (Å²) in [6.45, 7) is 0. The van der Waals surface area contributed by atoms with Crippen LogP contribution in [0.2, 0.25) is 0 Å². The van der Waals surface area contributed by atoms with Gasteiger partial charge in [-0.3, -0.25) is 20.4 Å². The maximum absolute atomic E-state index is 11.2. The van der Waals surface area contributed by atoms with Crippen molar-refractivity contribution < 1.29 is 9.34 Å². The van der Waals surface area contributed by atoms with Gasteiger partial charge in [-0.05, 0) is 23.8 Å². The summed E-state index contributed by atoms with van der Waals surface area (Å²) in [6.07, 6.45) is 4.10. The molecule has 0 amide bonds. The van der Waals surface area contributed by atoms with Crippen molar-refractivity contribution in [3.63, 3.8) is 0 Å². The summed E-state index contributed by atoms with van der Waals surface area (Å²) < 4.78 is 5.64. The number of non-ortho nitro benzene ring substituents is 1. The van der Waals surface area contributed by atoms with Crippen molar-refractivity contribution in [1.29, 1.82) is 0 Å². The van der Waals surface area contributed by atoms with Crippen molar-refractivity contribution in [3.8, 4) is 0 Å². The summed E-state index contributed by atoms with van der Waals surface area (Å²) in [5, 5.41) is 24.7. The van der Waals surface area contributed by atoms with Gasteiger partial charge in [0.05, 0.1) is 10.6 Å². The number of oxazole rings is 1. The molecule has 0 aliphatic carbocycles. The van der Waals surface area contributed by atoms with E-state index in [1.807, 2.05) is 36.4 Å². The van der Waals surface area contributed by atoms with Crippen molar-refractivity contribution in [2.45, 2.75) is 6.42 Å². The number of nitro benzene ring substituents is 1. The predicted molar refractivity (Wildman–Crippen MR) is 111 cm³/mol. The third kappa shape index (κ3) is 3.18. The quantitative estimate of drug-likeness (QED) is 0.341. The third-order valence-corrected chi connectivity index (χ3v) is 4.70. The van der Waals surface area contributed by atoms with Gasteiger partial charge < -0.3 is 4.42 Å². The van der Waals surface area contributed by atoms with Crippen molar-refractivity contribution >= 4 is 39.4 Å². The van der Waals surface area contributed by atoms with E-state index in [0.717, 1.165) is 22.0 Å². The number of para-hydroxylation sites is 1. The maximum atomic E-state index is 11.2. The van der Waals surface area contributed by atoms with Gasteiger partial charge in [0.25, 0.3) is 5.69 Å². The highest BCUT2D eigenvalue weighted by Crippen LogP contribution is 2.31. The molecular weight excluding hydrogens is 384 g/mol. The fourth-order valence-corrected chi connectivity index (χ4v) is 3.31. The van der Waals surface area contributed by atoms with E-state index in [4.69, 9.17) is 4.42 Å². The highest BCUT2D eigenvalue weighted by Gasteiger charge is 2.18. The lowest BCUT2D eigenvalue weighted by Crippen LogP contribution is -2.02. The average molecular weight is 398 g/mol. The van der Waals surface area contributed by atoms with Crippen molar-refractivity contribution in [2.24, 2.45) is 0 Å². The van der Waals surface area contributed by atoms with E-state index in [-0.39, 0.29) is 17.2 Å². The van der Waals surface area contributed by atoms with Crippen molar-refractivity contribution in [2.75, 3.05) is 5.32 Å². The Morgan fingerprint density at radius 2 is 1.77 bits per heavy atom. The number of fused-ring (bicyclic) bond motifs is 2. The fourth-order valence-electron chi connectivity index (χ4n) is 3.31. The molecule has 9 heteroatoms. The van der Waals surface area contributed by atoms with Crippen LogP contribution in [-0.4, -0.2) is 25.1 Å². The van der Waals surface area contributed by atoms with E-state index < -0.39 is 4.92 Å². The molecule has 0 unspecified atom stereocenters. The van der Waals surface area contributed by atoms with Crippen LogP contribution >= 0.6 is 0 Å². The Balaban J connectivity index is 1.54. The molecule has 9 nitrogen and oxygen atoms in total. The first kappa shape index (κ1) is 17.7. The van der Waals surface area contributed by atoms with E-state index in [2.05, 4.69) is 25.5 Å². The largest absolute Gasteiger partial charge is 0.423 e. The molecule has 1 N–H and O–H groups in total. The van der Waals surface area contributed by atoms with Gasteiger partial charge in [-0.15, -0.1) is 5.10 Å². The number of rotatable bonds is 5. The molecule has 0 radical (unpaired) electrons. The monoisotopic (exact) mass is 398 g/mol. The topological polar surface area (TPSA) is 120 Å². The highest BCUT2D eigenvalue weighted by atomic mass is 16.6. The third-order valence-electron chi connectivity index (χ3n) is 4.70. The lowest BCUT2D eigenvalue weighted by atomic mass is 10.1. The molecular formula is C21H14N6O3. The van der Waals surface area contributed by atoms with Gasteiger partial charge >= 0.3 is 6.01 Å². The number of pyridine rings is 1. The second kappa shape index (κ2) is 7.21. The predicted octanol–water partition coefficient (Wildman–Crippen LogP) is 4.41. The Morgan fingerprint density at radius 1 is 0.967 bits per heavy atom. The summed E-state index contributed by atoms with van der Waals surface area (Å²) in [5.74, 6) is 0.457. The molecule has 30 heavy (non-hydrogen) atoms. The molecule has 0 bridgehead atoms. The van der Waals surface area contributed by atoms with E-state index in [1.165, 1.54) is 6.07 Å². The van der Waals surface area contributed by atoms with Crippen LogP contribution in [0.5, 0.6) is 0 Å².